The van der Waals surface area contributed by atoms with E-state index in [0.29, 0.717) is 16.7 Å². The summed E-state index contributed by atoms with van der Waals surface area (Å²) >= 11 is 5.89. The van der Waals surface area contributed by atoms with E-state index in [0.717, 1.165) is 18.4 Å². The Morgan fingerprint density at radius 1 is 1.26 bits per heavy atom. The van der Waals surface area contributed by atoms with E-state index in [9.17, 15) is 9.59 Å². The summed E-state index contributed by atoms with van der Waals surface area (Å²) in [5.74, 6) is -0.340. The molecule has 2 aromatic rings. The van der Waals surface area contributed by atoms with Gasteiger partial charge in [-0.05, 0) is 43.4 Å². The quantitative estimate of drug-likeness (QED) is 0.843. The molecule has 23 heavy (non-hydrogen) atoms. The topological polar surface area (TPSA) is 84.2 Å². The zero-order valence-electron chi connectivity index (χ0n) is 12.5. The molecule has 1 aromatic heterocycles. The van der Waals surface area contributed by atoms with Crippen LogP contribution in [0.1, 0.15) is 30.2 Å². The highest BCUT2D eigenvalue weighted by Gasteiger charge is 2.34. The minimum absolute atomic E-state index is 0.190. The standard InChI is InChI=1S/C16H16ClN3O3/c1-9-8-13(20-23-9)18-15(21)16(22)19-14(10-2-3-10)11-4-6-12(17)7-5-11/h4-8,10,14H,2-3H2,1H3,(H,19,22)(H,18,20,21)/t14-/m1/s1. The second-order valence-corrected chi connectivity index (χ2v) is 6.05. The van der Waals surface area contributed by atoms with Gasteiger partial charge in [0.15, 0.2) is 5.82 Å². The number of nitrogens with zero attached hydrogens (tertiary/aromatic N) is 1. The van der Waals surface area contributed by atoms with Crippen molar-refractivity contribution in [1.29, 1.82) is 0 Å². The summed E-state index contributed by atoms with van der Waals surface area (Å²) in [6.45, 7) is 1.70. The van der Waals surface area contributed by atoms with E-state index in [1.165, 1.54) is 0 Å². The molecule has 1 aliphatic rings. The van der Waals surface area contributed by atoms with E-state index in [1.54, 1.807) is 25.1 Å². The Kier molecular flexibility index (Phi) is 4.34. The summed E-state index contributed by atoms with van der Waals surface area (Å²) in [6.07, 6.45) is 2.05. The van der Waals surface area contributed by atoms with Crippen LogP contribution in [0, 0.1) is 12.8 Å². The van der Waals surface area contributed by atoms with Crippen LogP contribution >= 0.6 is 11.6 Å². The number of halogens is 1. The van der Waals surface area contributed by atoms with E-state index in [1.807, 2.05) is 12.1 Å². The molecule has 0 radical (unpaired) electrons. The van der Waals surface area contributed by atoms with Gasteiger partial charge in [0.1, 0.15) is 5.76 Å². The lowest BCUT2D eigenvalue weighted by atomic mass is 10.0. The third-order valence-electron chi connectivity index (χ3n) is 3.68. The van der Waals surface area contributed by atoms with Crippen LogP contribution in [-0.4, -0.2) is 17.0 Å². The molecule has 0 unspecified atom stereocenters. The number of carbonyl (C=O) groups excluding carboxylic acids is 2. The fourth-order valence-corrected chi connectivity index (χ4v) is 2.50. The average Bonchev–Trinajstić information content (AvgIpc) is 3.29. The molecule has 1 atom stereocenters. The summed E-state index contributed by atoms with van der Waals surface area (Å²) in [5, 5.41) is 9.46. The normalized spacial score (nSPS) is 15.0. The van der Waals surface area contributed by atoms with E-state index >= 15 is 0 Å². The monoisotopic (exact) mass is 333 g/mol. The van der Waals surface area contributed by atoms with Gasteiger partial charge in [-0.15, -0.1) is 0 Å². The van der Waals surface area contributed by atoms with Crippen LogP contribution in [0.15, 0.2) is 34.9 Å². The van der Waals surface area contributed by atoms with Crippen LogP contribution in [0.4, 0.5) is 5.82 Å². The molecule has 0 aliphatic heterocycles. The summed E-state index contributed by atoms with van der Waals surface area (Å²) < 4.78 is 4.85. The molecule has 2 amide bonds. The zero-order valence-corrected chi connectivity index (χ0v) is 13.3. The number of anilines is 1. The van der Waals surface area contributed by atoms with Gasteiger partial charge in [0, 0.05) is 11.1 Å². The molecule has 1 fully saturated rings. The zero-order chi connectivity index (χ0) is 16.4. The molecule has 0 saturated heterocycles. The summed E-state index contributed by atoms with van der Waals surface area (Å²) in [6, 6.07) is 8.63. The van der Waals surface area contributed by atoms with Gasteiger partial charge < -0.3 is 9.84 Å². The summed E-state index contributed by atoms with van der Waals surface area (Å²) in [4.78, 5) is 24.1. The minimum Gasteiger partial charge on any atom is -0.360 e. The van der Waals surface area contributed by atoms with Gasteiger partial charge in [-0.2, -0.15) is 0 Å². The first-order valence-electron chi connectivity index (χ1n) is 7.33. The average molecular weight is 334 g/mol. The maximum absolute atomic E-state index is 12.1. The van der Waals surface area contributed by atoms with Crippen LogP contribution in [0.2, 0.25) is 5.02 Å². The predicted octanol–water partition coefficient (Wildman–Crippen LogP) is 2.84. The lowest BCUT2D eigenvalue weighted by Gasteiger charge is -2.18. The number of benzene rings is 1. The molecule has 1 aromatic carbocycles. The number of aromatic nitrogens is 1. The maximum atomic E-state index is 12.1. The lowest BCUT2D eigenvalue weighted by molar-refractivity contribution is -0.136. The Morgan fingerprint density at radius 2 is 1.96 bits per heavy atom. The van der Waals surface area contributed by atoms with E-state index < -0.39 is 11.8 Å². The molecule has 6 nitrogen and oxygen atoms in total. The maximum Gasteiger partial charge on any atom is 0.314 e. The lowest BCUT2D eigenvalue weighted by Crippen LogP contribution is -2.38. The van der Waals surface area contributed by atoms with E-state index in [4.69, 9.17) is 16.1 Å². The first-order chi connectivity index (χ1) is 11.0. The van der Waals surface area contributed by atoms with Gasteiger partial charge in [0.25, 0.3) is 0 Å². The number of aryl methyl sites for hydroxylation is 1. The van der Waals surface area contributed by atoms with Crippen molar-refractivity contribution in [3.63, 3.8) is 0 Å². The van der Waals surface area contributed by atoms with Crippen molar-refractivity contribution in [2.45, 2.75) is 25.8 Å². The van der Waals surface area contributed by atoms with E-state index in [2.05, 4.69) is 15.8 Å². The molecule has 3 rings (SSSR count). The molecule has 0 bridgehead atoms. The molecule has 7 heteroatoms. The minimum atomic E-state index is -0.766. The highest BCUT2D eigenvalue weighted by molar-refractivity contribution is 6.39. The third-order valence-corrected chi connectivity index (χ3v) is 3.94. The van der Waals surface area contributed by atoms with Crippen molar-refractivity contribution in [2.24, 2.45) is 5.92 Å². The van der Waals surface area contributed by atoms with Gasteiger partial charge in [-0.1, -0.05) is 28.9 Å². The SMILES string of the molecule is Cc1cc(NC(=O)C(=O)N[C@@H](c2ccc(Cl)cc2)C2CC2)no1. The largest absolute Gasteiger partial charge is 0.360 e. The van der Waals surface area contributed by atoms with Gasteiger partial charge in [0.05, 0.1) is 6.04 Å². The van der Waals surface area contributed by atoms with Gasteiger partial charge in [0.2, 0.25) is 0 Å². The van der Waals surface area contributed by atoms with Crippen molar-refractivity contribution in [3.05, 3.63) is 46.7 Å². The summed E-state index contributed by atoms with van der Waals surface area (Å²) in [5.41, 5.74) is 0.940. The van der Waals surface area contributed by atoms with Crippen LogP contribution in [0.5, 0.6) is 0 Å². The number of rotatable bonds is 4. The molecule has 1 heterocycles. The molecular formula is C16H16ClN3O3. The molecular weight excluding hydrogens is 318 g/mol. The molecule has 0 spiro atoms. The number of hydrogen-bond acceptors (Lipinski definition) is 4. The molecule has 1 saturated carbocycles. The van der Waals surface area contributed by atoms with Gasteiger partial charge in [-0.3, -0.25) is 14.9 Å². The van der Waals surface area contributed by atoms with Crippen molar-refractivity contribution < 1.29 is 14.1 Å². The van der Waals surface area contributed by atoms with Crippen LogP contribution in [0.25, 0.3) is 0 Å². The Hall–Kier alpha value is -2.34. The van der Waals surface area contributed by atoms with Crippen LogP contribution < -0.4 is 10.6 Å². The number of carbonyl (C=O) groups is 2. The summed E-state index contributed by atoms with van der Waals surface area (Å²) in [7, 11) is 0. The van der Waals surface area contributed by atoms with Crippen LogP contribution in [-0.2, 0) is 9.59 Å². The number of amides is 2. The Morgan fingerprint density at radius 3 is 2.52 bits per heavy atom. The highest BCUT2D eigenvalue weighted by atomic mass is 35.5. The van der Waals surface area contributed by atoms with Crippen molar-refractivity contribution >= 4 is 29.2 Å². The van der Waals surface area contributed by atoms with Crippen molar-refractivity contribution in [3.8, 4) is 0 Å². The molecule has 1 aliphatic carbocycles. The second kappa shape index (κ2) is 6.42. The van der Waals surface area contributed by atoms with Gasteiger partial charge in [-0.25, -0.2) is 0 Å². The van der Waals surface area contributed by atoms with Crippen molar-refractivity contribution in [2.75, 3.05) is 5.32 Å². The Bertz CT molecular complexity index is 722. The van der Waals surface area contributed by atoms with Gasteiger partial charge >= 0.3 is 11.8 Å². The first kappa shape index (κ1) is 15.6. The molecule has 2 N–H and O–H groups in total. The van der Waals surface area contributed by atoms with Crippen LogP contribution in [0.3, 0.4) is 0 Å². The first-order valence-corrected chi connectivity index (χ1v) is 7.71. The molecule has 120 valence electrons. The van der Waals surface area contributed by atoms with E-state index in [-0.39, 0.29) is 11.9 Å². The Balaban J connectivity index is 1.66. The third kappa shape index (κ3) is 3.90. The second-order valence-electron chi connectivity index (χ2n) is 5.62. The predicted molar refractivity (Wildman–Crippen MR) is 84.9 cm³/mol. The Labute approximate surface area is 138 Å². The van der Waals surface area contributed by atoms with Crippen molar-refractivity contribution in [1.82, 2.24) is 10.5 Å². The number of hydrogen-bond donors (Lipinski definition) is 2. The fourth-order valence-electron chi connectivity index (χ4n) is 2.38. The highest BCUT2D eigenvalue weighted by Crippen LogP contribution is 2.41. The number of nitrogens with one attached hydrogen (secondary N) is 2. The fraction of sp³-hybridized carbons (Fsp3) is 0.312. The smallest absolute Gasteiger partial charge is 0.314 e.